The minimum atomic E-state index is -0.892. The van der Waals surface area contributed by atoms with E-state index < -0.39 is 12.1 Å². The van der Waals surface area contributed by atoms with Crippen molar-refractivity contribution in [1.82, 2.24) is 5.32 Å². The van der Waals surface area contributed by atoms with Gasteiger partial charge in [-0.3, -0.25) is 4.79 Å². The first-order valence-electron chi connectivity index (χ1n) is 9.23. The highest BCUT2D eigenvalue weighted by Gasteiger charge is 2.26. The molecule has 3 rings (SSSR count). The van der Waals surface area contributed by atoms with Crippen LogP contribution in [0.25, 0.3) is 0 Å². The molecule has 0 bridgehead atoms. The van der Waals surface area contributed by atoms with Crippen molar-refractivity contribution in [1.29, 1.82) is 0 Å². The normalized spacial score (nSPS) is 16.8. The first-order valence-corrected chi connectivity index (χ1v) is 9.23. The van der Waals surface area contributed by atoms with Crippen molar-refractivity contribution in [2.45, 2.75) is 45.3 Å². The van der Waals surface area contributed by atoms with Crippen LogP contribution < -0.4 is 10.1 Å². The maximum absolute atomic E-state index is 12.6. The van der Waals surface area contributed by atoms with Crippen LogP contribution in [-0.4, -0.2) is 25.1 Å². The van der Waals surface area contributed by atoms with E-state index in [9.17, 15) is 9.59 Å². The summed E-state index contributed by atoms with van der Waals surface area (Å²) in [6, 6.07) is 13.4. The molecule has 5 nitrogen and oxygen atoms in total. The summed E-state index contributed by atoms with van der Waals surface area (Å²) < 4.78 is 10.6. The maximum Gasteiger partial charge on any atom is 0.342 e. The van der Waals surface area contributed by atoms with Crippen molar-refractivity contribution in [2.24, 2.45) is 0 Å². The third kappa shape index (κ3) is 4.30. The molecule has 2 aromatic carbocycles. The van der Waals surface area contributed by atoms with Crippen molar-refractivity contribution >= 4 is 11.9 Å². The van der Waals surface area contributed by atoms with Gasteiger partial charge in [0.15, 0.2) is 6.10 Å². The van der Waals surface area contributed by atoms with E-state index in [0.29, 0.717) is 11.3 Å². The van der Waals surface area contributed by atoms with Crippen molar-refractivity contribution in [3.8, 4) is 5.75 Å². The van der Waals surface area contributed by atoms with Crippen molar-refractivity contribution in [3.05, 3.63) is 64.7 Å². The van der Waals surface area contributed by atoms with Crippen LogP contribution in [0.1, 0.15) is 52.9 Å². The minimum Gasteiger partial charge on any atom is -0.496 e. The zero-order valence-electron chi connectivity index (χ0n) is 16.0. The molecule has 5 heteroatoms. The summed E-state index contributed by atoms with van der Waals surface area (Å²) in [5.41, 5.74) is 3.65. The van der Waals surface area contributed by atoms with Gasteiger partial charge in [-0.2, -0.15) is 0 Å². The third-order valence-corrected chi connectivity index (χ3v) is 4.91. The van der Waals surface area contributed by atoms with E-state index in [1.54, 1.807) is 19.1 Å². The van der Waals surface area contributed by atoms with Gasteiger partial charge < -0.3 is 14.8 Å². The molecule has 1 amide bonds. The molecule has 0 aliphatic heterocycles. The predicted octanol–water partition coefficient (Wildman–Crippen LogP) is 3.74. The van der Waals surface area contributed by atoms with Crippen LogP contribution in [0.15, 0.2) is 42.5 Å². The van der Waals surface area contributed by atoms with Crippen LogP contribution in [-0.2, 0) is 16.0 Å². The standard InChI is InChI=1S/C22H25NO4/c1-14-11-12-20(26-3)18(13-14)22(25)27-15(2)21(24)23-19-10-6-8-16-7-4-5-9-17(16)19/h4-5,7,9,11-13,15,19H,6,8,10H2,1-3H3,(H,23,24)/t15-,19-/m0/s1. The molecule has 2 aromatic rings. The van der Waals surface area contributed by atoms with Crippen LogP contribution in [0.3, 0.4) is 0 Å². The van der Waals surface area contributed by atoms with Crippen LogP contribution in [0.4, 0.5) is 0 Å². The van der Waals surface area contributed by atoms with Gasteiger partial charge >= 0.3 is 5.97 Å². The number of rotatable bonds is 5. The number of fused-ring (bicyclic) bond motifs is 1. The monoisotopic (exact) mass is 367 g/mol. The molecule has 0 unspecified atom stereocenters. The molecule has 0 saturated heterocycles. The first-order chi connectivity index (χ1) is 13.0. The molecule has 27 heavy (non-hydrogen) atoms. The van der Waals surface area contributed by atoms with E-state index in [1.165, 1.54) is 12.7 Å². The summed E-state index contributed by atoms with van der Waals surface area (Å²) in [5, 5.41) is 3.02. The summed E-state index contributed by atoms with van der Waals surface area (Å²) in [4.78, 5) is 25.1. The number of aryl methyl sites for hydroxylation is 2. The number of esters is 1. The Labute approximate surface area is 159 Å². The Morgan fingerprint density at radius 1 is 1.19 bits per heavy atom. The maximum atomic E-state index is 12.6. The van der Waals surface area contributed by atoms with Gasteiger partial charge in [-0.15, -0.1) is 0 Å². The minimum absolute atomic E-state index is 0.0443. The van der Waals surface area contributed by atoms with Gasteiger partial charge in [0.05, 0.1) is 13.2 Å². The van der Waals surface area contributed by atoms with Gasteiger partial charge in [0.2, 0.25) is 0 Å². The Hall–Kier alpha value is -2.82. The number of carbonyl (C=O) groups is 2. The average Bonchev–Trinajstić information content (AvgIpc) is 2.68. The lowest BCUT2D eigenvalue weighted by Gasteiger charge is -2.27. The van der Waals surface area contributed by atoms with E-state index in [4.69, 9.17) is 9.47 Å². The summed E-state index contributed by atoms with van der Waals surface area (Å²) in [6.45, 7) is 3.47. The fourth-order valence-corrected chi connectivity index (χ4v) is 3.45. The molecule has 0 fully saturated rings. The number of ether oxygens (including phenoxy) is 2. The Balaban J connectivity index is 1.67. The fraction of sp³-hybridized carbons (Fsp3) is 0.364. The molecule has 0 saturated carbocycles. The number of hydrogen-bond donors (Lipinski definition) is 1. The summed E-state index contributed by atoms with van der Waals surface area (Å²) in [7, 11) is 1.50. The van der Waals surface area contributed by atoms with Gasteiger partial charge in [-0.05, 0) is 56.4 Å². The molecule has 1 N–H and O–H groups in total. The lowest BCUT2D eigenvalue weighted by atomic mass is 9.87. The summed E-state index contributed by atoms with van der Waals surface area (Å²) >= 11 is 0. The van der Waals surface area contributed by atoms with Gasteiger partial charge in [0.25, 0.3) is 5.91 Å². The first kappa shape index (κ1) is 19.0. The van der Waals surface area contributed by atoms with Crippen LogP contribution in [0.5, 0.6) is 5.75 Å². The van der Waals surface area contributed by atoms with Gasteiger partial charge in [-0.25, -0.2) is 4.79 Å². The quantitative estimate of drug-likeness (QED) is 0.818. The molecule has 0 aromatic heterocycles. The molecule has 142 valence electrons. The SMILES string of the molecule is COc1ccc(C)cc1C(=O)O[C@@H](C)C(=O)N[C@H]1CCCc2ccccc21. The Kier molecular flexibility index (Phi) is 5.79. The zero-order chi connectivity index (χ0) is 19.4. The highest BCUT2D eigenvalue weighted by molar-refractivity contribution is 5.95. The lowest BCUT2D eigenvalue weighted by molar-refractivity contribution is -0.130. The summed E-state index contributed by atoms with van der Waals surface area (Å²) in [5.74, 6) is -0.432. The van der Waals surface area contributed by atoms with Crippen molar-refractivity contribution in [2.75, 3.05) is 7.11 Å². The molecule has 0 radical (unpaired) electrons. The van der Waals surface area contributed by atoms with E-state index in [1.807, 2.05) is 31.2 Å². The highest BCUT2D eigenvalue weighted by Crippen LogP contribution is 2.29. The van der Waals surface area contributed by atoms with Gasteiger partial charge in [0, 0.05) is 0 Å². The Morgan fingerprint density at radius 2 is 1.96 bits per heavy atom. The zero-order valence-corrected chi connectivity index (χ0v) is 16.0. The number of carbonyl (C=O) groups excluding carboxylic acids is 2. The number of amides is 1. The van der Waals surface area contributed by atoms with E-state index >= 15 is 0 Å². The second-order valence-corrected chi connectivity index (χ2v) is 6.90. The summed E-state index contributed by atoms with van der Waals surface area (Å²) in [6.07, 6.45) is 2.04. The third-order valence-electron chi connectivity index (χ3n) is 4.91. The molecular formula is C22H25NO4. The Morgan fingerprint density at radius 3 is 2.74 bits per heavy atom. The van der Waals surface area contributed by atoms with Crippen LogP contribution >= 0.6 is 0 Å². The van der Waals surface area contributed by atoms with Crippen LogP contribution in [0.2, 0.25) is 0 Å². The van der Waals surface area contributed by atoms with Gasteiger partial charge in [-0.1, -0.05) is 35.9 Å². The predicted molar refractivity (Wildman–Crippen MR) is 103 cm³/mol. The largest absolute Gasteiger partial charge is 0.496 e. The number of hydrogen-bond acceptors (Lipinski definition) is 4. The smallest absolute Gasteiger partial charge is 0.342 e. The fourth-order valence-electron chi connectivity index (χ4n) is 3.45. The average molecular weight is 367 g/mol. The molecule has 2 atom stereocenters. The number of nitrogens with one attached hydrogen (secondary N) is 1. The Bertz CT molecular complexity index is 846. The van der Waals surface area contributed by atoms with Crippen molar-refractivity contribution < 1.29 is 19.1 Å². The van der Waals surface area contributed by atoms with Gasteiger partial charge in [0.1, 0.15) is 11.3 Å². The highest BCUT2D eigenvalue weighted by atomic mass is 16.5. The van der Waals surface area contributed by atoms with Crippen LogP contribution in [0, 0.1) is 6.92 Å². The van der Waals surface area contributed by atoms with E-state index in [2.05, 4.69) is 11.4 Å². The lowest BCUT2D eigenvalue weighted by Crippen LogP contribution is -2.39. The van der Waals surface area contributed by atoms with E-state index in [-0.39, 0.29) is 11.9 Å². The van der Waals surface area contributed by atoms with E-state index in [0.717, 1.165) is 30.4 Å². The molecule has 1 aliphatic carbocycles. The molecule has 0 heterocycles. The second-order valence-electron chi connectivity index (χ2n) is 6.90. The number of benzene rings is 2. The molecular weight excluding hydrogens is 342 g/mol. The second kappa shape index (κ2) is 8.25. The molecule has 0 spiro atoms. The van der Waals surface area contributed by atoms with Crippen molar-refractivity contribution in [3.63, 3.8) is 0 Å². The number of methoxy groups -OCH3 is 1. The topological polar surface area (TPSA) is 64.6 Å². The molecule has 1 aliphatic rings.